The first-order chi connectivity index (χ1) is 9.71. The molecule has 0 saturated carbocycles. The van der Waals surface area contributed by atoms with Gasteiger partial charge in [0, 0.05) is 12.5 Å². The molecule has 21 heavy (non-hydrogen) atoms. The molecule has 1 atom stereocenters. The minimum absolute atomic E-state index is 0.0916. The Morgan fingerprint density at radius 2 is 2.05 bits per heavy atom. The maximum Gasteiger partial charge on any atom is 0.407 e. The Labute approximate surface area is 123 Å². The number of alkyl carbamates (subject to hydrolysis) is 1. The summed E-state index contributed by atoms with van der Waals surface area (Å²) in [4.78, 5) is 27.4. The molecular formula is C15H21FN2O3. The molecule has 1 aromatic rings. The van der Waals surface area contributed by atoms with E-state index in [1.807, 2.05) is 6.92 Å². The van der Waals surface area contributed by atoms with Gasteiger partial charge in [0.1, 0.15) is 17.1 Å². The SMILES string of the molecule is CCC(CC(=O)c1ccc(F)cn1)NC(=O)OC(C)(C)C. The predicted octanol–water partition coefficient (Wildman–Crippen LogP) is 3.10. The highest BCUT2D eigenvalue weighted by Gasteiger charge is 2.21. The normalized spacial score (nSPS) is 12.6. The topological polar surface area (TPSA) is 68.3 Å². The van der Waals surface area contributed by atoms with Crippen LogP contribution in [0.5, 0.6) is 0 Å². The number of hydrogen-bond donors (Lipinski definition) is 1. The van der Waals surface area contributed by atoms with Crippen LogP contribution >= 0.6 is 0 Å². The lowest BCUT2D eigenvalue weighted by Crippen LogP contribution is -2.40. The highest BCUT2D eigenvalue weighted by molar-refractivity contribution is 5.94. The van der Waals surface area contributed by atoms with E-state index in [4.69, 9.17) is 4.74 Å². The summed E-state index contributed by atoms with van der Waals surface area (Å²) in [7, 11) is 0. The van der Waals surface area contributed by atoms with Crippen molar-refractivity contribution in [3.05, 3.63) is 29.8 Å². The van der Waals surface area contributed by atoms with Crippen molar-refractivity contribution in [1.29, 1.82) is 0 Å². The Kier molecular flexibility index (Phi) is 5.81. The maximum absolute atomic E-state index is 12.8. The second kappa shape index (κ2) is 7.15. The first kappa shape index (κ1) is 17.1. The van der Waals surface area contributed by atoms with Gasteiger partial charge in [0.15, 0.2) is 5.78 Å². The van der Waals surface area contributed by atoms with Crippen LogP contribution in [0.3, 0.4) is 0 Å². The Hall–Kier alpha value is -1.98. The van der Waals surface area contributed by atoms with Gasteiger partial charge in [-0.15, -0.1) is 0 Å². The molecule has 0 aliphatic rings. The molecule has 1 unspecified atom stereocenters. The van der Waals surface area contributed by atoms with Gasteiger partial charge in [-0.3, -0.25) is 9.78 Å². The molecule has 6 heteroatoms. The van der Waals surface area contributed by atoms with Crippen LogP contribution < -0.4 is 5.32 Å². The zero-order valence-corrected chi connectivity index (χ0v) is 12.8. The highest BCUT2D eigenvalue weighted by atomic mass is 19.1. The average Bonchev–Trinajstić information content (AvgIpc) is 2.36. The smallest absolute Gasteiger partial charge is 0.407 e. The molecular weight excluding hydrogens is 275 g/mol. The van der Waals surface area contributed by atoms with Gasteiger partial charge in [-0.25, -0.2) is 9.18 Å². The summed E-state index contributed by atoms with van der Waals surface area (Å²) in [5.41, 5.74) is -0.411. The van der Waals surface area contributed by atoms with E-state index in [9.17, 15) is 14.0 Å². The summed E-state index contributed by atoms with van der Waals surface area (Å²) in [5.74, 6) is -0.747. The first-order valence-corrected chi connectivity index (χ1v) is 6.85. The average molecular weight is 296 g/mol. The number of halogens is 1. The van der Waals surface area contributed by atoms with E-state index in [0.717, 1.165) is 6.20 Å². The summed E-state index contributed by atoms with van der Waals surface area (Å²) in [5, 5.41) is 2.65. The standard InChI is InChI=1S/C15H21FN2O3/c1-5-11(18-14(20)21-15(2,3)4)8-13(19)12-7-6-10(16)9-17-12/h6-7,9,11H,5,8H2,1-4H3,(H,18,20). The monoisotopic (exact) mass is 296 g/mol. The molecule has 116 valence electrons. The van der Waals surface area contributed by atoms with E-state index < -0.39 is 17.5 Å². The lowest BCUT2D eigenvalue weighted by molar-refractivity contribution is 0.0500. The fourth-order valence-electron chi connectivity index (χ4n) is 1.64. The van der Waals surface area contributed by atoms with E-state index in [1.165, 1.54) is 12.1 Å². The summed E-state index contributed by atoms with van der Waals surface area (Å²) in [6, 6.07) is 2.17. The number of nitrogens with zero attached hydrogens (tertiary/aromatic N) is 1. The van der Waals surface area contributed by atoms with Crippen LogP contribution in [0.25, 0.3) is 0 Å². The third-order valence-corrected chi connectivity index (χ3v) is 2.66. The van der Waals surface area contributed by atoms with Gasteiger partial charge in [-0.05, 0) is 39.3 Å². The van der Waals surface area contributed by atoms with Gasteiger partial charge < -0.3 is 10.1 Å². The number of hydrogen-bond acceptors (Lipinski definition) is 4. The molecule has 0 bridgehead atoms. The van der Waals surface area contributed by atoms with Crippen LogP contribution in [0, 0.1) is 5.82 Å². The molecule has 1 N–H and O–H groups in total. The molecule has 0 fully saturated rings. The lowest BCUT2D eigenvalue weighted by Gasteiger charge is -2.22. The molecule has 1 rings (SSSR count). The van der Waals surface area contributed by atoms with Crippen molar-refractivity contribution in [2.24, 2.45) is 0 Å². The first-order valence-electron chi connectivity index (χ1n) is 6.85. The van der Waals surface area contributed by atoms with Crippen molar-refractivity contribution < 1.29 is 18.7 Å². The number of carbonyl (C=O) groups excluding carboxylic acids is 2. The van der Waals surface area contributed by atoms with Crippen LogP contribution in [-0.4, -0.2) is 28.5 Å². The van der Waals surface area contributed by atoms with Crippen molar-refractivity contribution in [1.82, 2.24) is 10.3 Å². The fourth-order valence-corrected chi connectivity index (χ4v) is 1.64. The van der Waals surface area contributed by atoms with Crippen molar-refractivity contribution in [3.8, 4) is 0 Å². The molecule has 0 aliphatic heterocycles. The Morgan fingerprint density at radius 3 is 2.52 bits per heavy atom. The molecule has 1 aromatic heterocycles. The van der Waals surface area contributed by atoms with E-state index in [0.29, 0.717) is 6.42 Å². The summed E-state index contributed by atoms with van der Waals surface area (Å²) in [6.07, 6.45) is 1.10. The van der Waals surface area contributed by atoms with E-state index in [1.54, 1.807) is 20.8 Å². The highest BCUT2D eigenvalue weighted by Crippen LogP contribution is 2.10. The Balaban J connectivity index is 2.59. The van der Waals surface area contributed by atoms with Gasteiger partial charge >= 0.3 is 6.09 Å². The van der Waals surface area contributed by atoms with Crippen LogP contribution in [0.4, 0.5) is 9.18 Å². The molecule has 0 spiro atoms. The number of aromatic nitrogens is 1. The van der Waals surface area contributed by atoms with E-state index >= 15 is 0 Å². The quantitative estimate of drug-likeness (QED) is 0.848. The number of amides is 1. The summed E-state index contributed by atoms with van der Waals surface area (Å²) >= 11 is 0. The number of carbonyl (C=O) groups is 2. The van der Waals surface area contributed by atoms with E-state index in [2.05, 4.69) is 10.3 Å². The second-order valence-corrected chi connectivity index (χ2v) is 5.74. The van der Waals surface area contributed by atoms with Gasteiger partial charge in [-0.1, -0.05) is 6.92 Å². The lowest BCUT2D eigenvalue weighted by atomic mass is 10.1. The number of pyridine rings is 1. The van der Waals surface area contributed by atoms with Crippen molar-refractivity contribution >= 4 is 11.9 Å². The Morgan fingerprint density at radius 1 is 1.38 bits per heavy atom. The minimum atomic E-state index is -0.592. The van der Waals surface area contributed by atoms with Crippen molar-refractivity contribution in [2.45, 2.75) is 52.2 Å². The Bertz CT molecular complexity index is 495. The zero-order valence-electron chi connectivity index (χ0n) is 12.8. The number of Topliss-reactive ketones (excluding diaryl/α,β-unsaturated/α-hetero) is 1. The molecule has 1 heterocycles. The zero-order chi connectivity index (χ0) is 16.0. The maximum atomic E-state index is 12.8. The minimum Gasteiger partial charge on any atom is -0.444 e. The fraction of sp³-hybridized carbons (Fsp3) is 0.533. The van der Waals surface area contributed by atoms with Crippen LogP contribution in [-0.2, 0) is 4.74 Å². The predicted molar refractivity (Wildman–Crippen MR) is 76.6 cm³/mol. The third kappa shape index (κ3) is 6.33. The summed E-state index contributed by atoms with van der Waals surface area (Å²) < 4.78 is 17.9. The number of ketones is 1. The van der Waals surface area contributed by atoms with Gasteiger partial charge in [0.2, 0.25) is 0 Å². The second-order valence-electron chi connectivity index (χ2n) is 5.74. The molecule has 0 saturated heterocycles. The van der Waals surface area contributed by atoms with Crippen LogP contribution in [0.2, 0.25) is 0 Å². The molecule has 0 radical (unpaired) electrons. The van der Waals surface area contributed by atoms with Crippen molar-refractivity contribution in [3.63, 3.8) is 0 Å². The largest absolute Gasteiger partial charge is 0.444 e. The number of rotatable bonds is 5. The van der Waals surface area contributed by atoms with Crippen molar-refractivity contribution in [2.75, 3.05) is 0 Å². The van der Waals surface area contributed by atoms with Crippen LogP contribution in [0.15, 0.2) is 18.3 Å². The number of nitrogens with one attached hydrogen (secondary N) is 1. The molecule has 5 nitrogen and oxygen atoms in total. The van der Waals surface area contributed by atoms with Gasteiger partial charge in [-0.2, -0.15) is 0 Å². The summed E-state index contributed by atoms with van der Waals surface area (Å²) in [6.45, 7) is 7.15. The molecule has 0 aromatic carbocycles. The number of ether oxygens (including phenoxy) is 1. The van der Waals surface area contributed by atoms with Gasteiger partial charge in [0.25, 0.3) is 0 Å². The molecule has 0 aliphatic carbocycles. The van der Waals surface area contributed by atoms with E-state index in [-0.39, 0.29) is 23.9 Å². The van der Waals surface area contributed by atoms with Crippen LogP contribution in [0.1, 0.15) is 51.0 Å². The molecule has 1 amide bonds. The van der Waals surface area contributed by atoms with Gasteiger partial charge in [0.05, 0.1) is 6.20 Å². The third-order valence-electron chi connectivity index (χ3n) is 2.66.